The molecule has 0 spiro atoms. The molecule has 0 atom stereocenters. The molecule has 0 N–H and O–H groups in total. The predicted octanol–water partition coefficient (Wildman–Crippen LogP) is 5.01. The molecule has 5 heteroatoms. The maximum absolute atomic E-state index is 6.18. The lowest BCUT2D eigenvalue weighted by atomic mass is 9.92. The van der Waals surface area contributed by atoms with Gasteiger partial charge in [0.05, 0.1) is 10.2 Å². The van der Waals surface area contributed by atoms with E-state index in [1.165, 1.54) is 0 Å². The zero-order chi connectivity index (χ0) is 14.2. The predicted molar refractivity (Wildman–Crippen MR) is 80.5 cm³/mol. The maximum Gasteiger partial charge on any atom is 0.197 e. The van der Waals surface area contributed by atoms with Gasteiger partial charge in [0.2, 0.25) is 0 Å². The molecule has 102 valence electrons. The molecule has 0 fully saturated rings. The van der Waals surface area contributed by atoms with Crippen LogP contribution in [0.1, 0.15) is 39.1 Å². The van der Waals surface area contributed by atoms with Crippen LogP contribution in [-0.4, -0.2) is 9.97 Å². The van der Waals surface area contributed by atoms with Crippen molar-refractivity contribution in [2.45, 2.75) is 39.5 Å². The number of furan rings is 1. The van der Waals surface area contributed by atoms with E-state index >= 15 is 0 Å². The van der Waals surface area contributed by atoms with E-state index in [0.29, 0.717) is 16.7 Å². The Labute approximate surface area is 126 Å². The van der Waals surface area contributed by atoms with E-state index in [9.17, 15) is 0 Å². The van der Waals surface area contributed by atoms with Gasteiger partial charge in [-0.05, 0) is 28.1 Å². The Morgan fingerprint density at radius 1 is 1.26 bits per heavy atom. The number of hydrogen-bond acceptors (Lipinski definition) is 3. The SMILES string of the molecule is CCc1ccc(-c2nc(Cl)c(Br)c(C(C)(C)C)n2)o1. The third-order valence-corrected chi connectivity index (χ3v) is 4.00. The molecule has 0 aliphatic rings. The normalized spacial score (nSPS) is 11.9. The van der Waals surface area contributed by atoms with Crippen LogP contribution in [0.15, 0.2) is 21.0 Å². The minimum absolute atomic E-state index is 0.125. The van der Waals surface area contributed by atoms with Gasteiger partial charge in [-0.3, -0.25) is 0 Å². The number of hydrogen-bond donors (Lipinski definition) is 0. The second-order valence-electron chi connectivity index (χ2n) is 5.37. The molecule has 0 unspecified atom stereocenters. The van der Waals surface area contributed by atoms with E-state index in [4.69, 9.17) is 16.0 Å². The Morgan fingerprint density at radius 2 is 1.95 bits per heavy atom. The van der Waals surface area contributed by atoms with E-state index in [2.05, 4.69) is 46.7 Å². The molecule has 19 heavy (non-hydrogen) atoms. The van der Waals surface area contributed by atoms with E-state index in [0.717, 1.165) is 22.3 Å². The molecule has 2 aromatic heterocycles. The van der Waals surface area contributed by atoms with Crippen molar-refractivity contribution in [3.8, 4) is 11.6 Å². The highest BCUT2D eigenvalue weighted by atomic mass is 79.9. The maximum atomic E-state index is 6.18. The summed E-state index contributed by atoms with van der Waals surface area (Å²) < 4.78 is 6.43. The van der Waals surface area contributed by atoms with Crippen LogP contribution in [0, 0.1) is 0 Å². The second-order valence-corrected chi connectivity index (χ2v) is 6.52. The summed E-state index contributed by atoms with van der Waals surface area (Å²) in [6, 6.07) is 3.82. The monoisotopic (exact) mass is 342 g/mol. The summed E-state index contributed by atoms with van der Waals surface area (Å²) in [4.78, 5) is 8.86. The van der Waals surface area contributed by atoms with Gasteiger partial charge in [0.15, 0.2) is 11.6 Å². The standard InChI is InChI=1S/C14H16BrClN2O/c1-5-8-6-7-9(19-8)13-17-11(14(2,3)4)10(15)12(16)18-13/h6-7H,5H2,1-4H3. The van der Waals surface area contributed by atoms with Crippen LogP contribution < -0.4 is 0 Å². The molecule has 3 nitrogen and oxygen atoms in total. The molecular formula is C14H16BrClN2O. The van der Waals surface area contributed by atoms with Crippen molar-refractivity contribution in [3.05, 3.63) is 33.2 Å². The zero-order valence-electron chi connectivity index (χ0n) is 11.4. The number of halogens is 2. The fraction of sp³-hybridized carbons (Fsp3) is 0.429. The largest absolute Gasteiger partial charge is 0.458 e. The molecule has 0 radical (unpaired) electrons. The quantitative estimate of drug-likeness (QED) is 0.719. The first kappa shape index (κ1) is 14.5. The molecule has 0 saturated carbocycles. The highest BCUT2D eigenvalue weighted by Crippen LogP contribution is 2.34. The summed E-state index contributed by atoms with van der Waals surface area (Å²) >= 11 is 9.63. The second kappa shape index (κ2) is 5.25. The third-order valence-electron chi connectivity index (χ3n) is 2.75. The van der Waals surface area contributed by atoms with Crippen LogP contribution in [0.3, 0.4) is 0 Å². The molecule has 0 aromatic carbocycles. The summed E-state index contributed by atoms with van der Waals surface area (Å²) in [6.45, 7) is 8.29. The molecule has 2 aromatic rings. The molecule has 0 amide bonds. The van der Waals surface area contributed by atoms with Gasteiger partial charge in [0.25, 0.3) is 0 Å². The lowest BCUT2D eigenvalue weighted by Crippen LogP contribution is -2.16. The van der Waals surface area contributed by atoms with Gasteiger partial charge in [-0.25, -0.2) is 9.97 Å². The van der Waals surface area contributed by atoms with E-state index < -0.39 is 0 Å². The first-order valence-electron chi connectivity index (χ1n) is 6.15. The molecule has 2 rings (SSSR count). The van der Waals surface area contributed by atoms with Gasteiger partial charge < -0.3 is 4.42 Å². The molecule has 0 aliphatic carbocycles. The average molecular weight is 344 g/mol. The summed E-state index contributed by atoms with van der Waals surface area (Å²) in [6.07, 6.45) is 0.844. The first-order valence-corrected chi connectivity index (χ1v) is 7.32. The lowest BCUT2D eigenvalue weighted by molar-refractivity contribution is 0.521. The van der Waals surface area contributed by atoms with Crippen LogP contribution in [0.5, 0.6) is 0 Å². The van der Waals surface area contributed by atoms with Crippen molar-refractivity contribution in [1.82, 2.24) is 9.97 Å². The lowest BCUT2D eigenvalue weighted by Gasteiger charge is -2.20. The number of aromatic nitrogens is 2. The fourth-order valence-corrected chi connectivity index (χ4v) is 2.66. The fourth-order valence-electron chi connectivity index (χ4n) is 1.71. The minimum Gasteiger partial charge on any atom is -0.458 e. The summed E-state index contributed by atoms with van der Waals surface area (Å²) in [5, 5.41) is 0.407. The smallest absolute Gasteiger partial charge is 0.197 e. The van der Waals surface area contributed by atoms with Crippen molar-refractivity contribution in [1.29, 1.82) is 0 Å². The zero-order valence-corrected chi connectivity index (χ0v) is 13.8. The Balaban J connectivity index is 2.56. The van der Waals surface area contributed by atoms with Gasteiger partial charge in [-0.2, -0.15) is 0 Å². The van der Waals surface area contributed by atoms with Crippen LogP contribution >= 0.6 is 27.5 Å². The van der Waals surface area contributed by atoms with Crippen molar-refractivity contribution >= 4 is 27.5 Å². The molecule has 0 aliphatic heterocycles. The Kier molecular flexibility index (Phi) is 4.02. The Morgan fingerprint density at radius 3 is 2.47 bits per heavy atom. The van der Waals surface area contributed by atoms with Crippen molar-refractivity contribution < 1.29 is 4.42 Å². The van der Waals surface area contributed by atoms with E-state index in [1.807, 2.05) is 19.1 Å². The Bertz CT molecular complexity index is 602. The van der Waals surface area contributed by atoms with Crippen LogP contribution in [0.25, 0.3) is 11.6 Å². The topological polar surface area (TPSA) is 38.9 Å². The van der Waals surface area contributed by atoms with E-state index in [1.54, 1.807) is 0 Å². The van der Waals surface area contributed by atoms with Crippen molar-refractivity contribution in [3.63, 3.8) is 0 Å². The minimum atomic E-state index is -0.125. The summed E-state index contributed by atoms with van der Waals surface area (Å²) in [5.74, 6) is 2.09. The van der Waals surface area contributed by atoms with Gasteiger partial charge in [0, 0.05) is 11.8 Å². The number of aryl methyl sites for hydroxylation is 1. The van der Waals surface area contributed by atoms with Gasteiger partial charge in [0.1, 0.15) is 10.9 Å². The molecule has 2 heterocycles. The van der Waals surface area contributed by atoms with Gasteiger partial charge in [-0.1, -0.05) is 39.3 Å². The highest BCUT2D eigenvalue weighted by molar-refractivity contribution is 9.10. The Hall–Kier alpha value is -0.870. The van der Waals surface area contributed by atoms with Gasteiger partial charge >= 0.3 is 0 Å². The first-order chi connectivity index (χ1) is 8.82. The van der Waals surface area contributed by atoms with Crippen LogP contribution in [0.4, 0.5) is 0 Å². The summed E-state index contributed by atoms with van der Waals surface area (Å²) in [5.41, 5.74) is 0.748. The number of nitrogens with zero attached hydrogens (tertiary/aromatic N) is 2. The highest BCUT2D eigenvalue weighted by Gasteiger charge is 2.23. The summed E-state index contributed by atoms with van der Waals surface area (Å²) in [7, 11) is 0. The van der Waals surface area contributed by atoms with Gasteiger partial charge in [-0.15, -0.1) is 0 Å². The van der Waals surface area contributed by atoms with Crippen LogP contribution in [-0.2, 0) is 11.8 Å². The van der Waals surface area contributed by atoms with Crippen molar-refractivity contribution in [2.24, 2.45) is 0 Å². The van der Waals surface area contributed by atoms with Crippen molar-refractivity contribution in [2.75, 3.05) is 0 Å². The molecule has 0 bridgehead atoms. The molecular weight excluding hydrogens is 328 g/mol. The van der Waals surface area contributed by atoms with Crippen LogP contribution in [0.2, 0.25) is 5.15 Å². The third kappa shape index (κ3) is 3.00. The van der Waals surface area contributed by atoms with E-state index in [-0.39, 0.29) is 5.41 Å². The number of rotatable bonds is 2. The molecule has 0 saturated heterocycles. The average Bonchev–Trinajstić information content (AvgIpc) is 2.79.